The Kier molecular flexibility index (Phi) is 6.48. The van der Waals surface area contributed by atoms with Gasteiger partial charge in [0.05, 0.1) is 30.1 Å². The lowest BCUT2D eigenvalue weighted by molar-refractivity contribution is 0.0600. The van der Waals surface area contributed by atoms with E-state index in [2.05, 4.69) is 26.3 Å². The van der Waals surface area contributed by atoms with E-state index >= 15 is 0 Å². The molecule has 1 N–H and O–H groups in total. The Balaban J connectivity index is 1.67. The van der Waals surface area contributed by atoms with Crippen molar-refractivity contribution in [1.29, 1.82) is 5.26 Å². The molecule has 0 aliphatic heterocycles. The number of carbonyl (C=O) groups is 1. The number of methoxy groups -OCH3 is 1. The highest BCUT2D eigenvalue weighted by Crippen LogP contribution is 2.23. The van der Waals surface area contributed by atoms with Crippen LogP contribution in [0.15, 0.2) is 54.9 Å². The summed E-state index contributed by atoms with van der Waals surface area (Å²) in [5, 5.41) is 12.8. The second kappa shape index (κ2) is 9.42. The van der Waals surface area contributed by atoms with Crippen LogP contribution in [0.4, 0.5) is 5.95 Å². The number of carbonyl (C=O) groups excluding carboxylic acids is 1. The standard InChI is InChI=1S/C22H21N5O2/c1-15-14-26-22(27-20(15)18(13-23)19-5-3-4-11-24-19)25-12-10-16-6-8-17(9-7-16)21(28)29-2/h3-9,11,14,18H,10,12H2,1-2H3,(H,25,26,27). The fourth-order valence-corrected chi connectivity index (χ4v) is 2.89. The predicted molar refractivity (Wildman–Crippen MR) is 108 cm³/mol. The van der Waals surface area contributed by atoms with Gasteiger partial charge in [-0.05, 0) is 48.7 Å². The molecule has 0 aliphatic carbocycles. The first-order chi connectivity index (χ1) is 14.1. The van der Waals surface area contributed by atoms with Crippen molar-refractivity contribution in [2.24, 2.45) is 0 Å². The van der Waals surface area contributed by atoms with E-state index in [0.717, 1.165) is 17.5 Å². The van der Waals surface area contributed by atoms with E-state index in [0.29, 0.717) is 29.4 Å². The van der Waals surface area contributed by atoms with E-state index in [1.54, 1.807) is 24.5 Å². The molecule has 3 aromatic rings. The predicted octanol–water partition coefficient (Wildman–Crippen LogP) is 3.28. The van der Waals surface area contributed by atoms with E-state index in [1.165, 1.54) is 7.11 Å². The number of hydrogen-bond acceptors (Lipinski definition) is 7. The molecule has 2 heterocycles. The van der Waals surface area contributed by atoms with Crippen molar-refractivity contribution in [2.45, 2.75) is 19.3 Å². The summed E-state index contributed by atoms with van der Waals surface area (Å²) in [5.41, 5.74) is 3.74. The Bertz CT molecular complexity index is 1010. The Morgan fingerprint density at radius 1 is 1.21 bits per heavy atom. The number of benzene rings is 1. The number of anilines is 1. The third-order valence-electron chi connectivity index (χ3n) is 4.47. The minimum Gasteiger partial charge on any atom is -0.465 e. The summed E-state index contributed by atoms with van der Waals surface area (Å²) in [7, 11) is 1.36. The SMILES string of the molecule is COC(=O)c1ccc(CCNc2ncc(C)c(C(C#N)c3ccccn3)n2)cc1. The molecule has 1 atom stereocenters. The fraction of sp³-hybridized carbons (Fsp3) is 0.227. The van der Waals surface area contributed by atoms with Crippen molar-refractivity contribution in [2.75, 3.05) is 19.0 Å². The van der Waals surface area contributed by atoms with Crippen LogP contribution in [-0.2, 0) is 11.2 Å². The first kappa shape index (κ1) is 20.0. The van der Waals surface area contributed by atoms with Gasteiger partial charge in [0, 0.05) is 18.9 Å². The van der Waals surface area contributed by atoms with Crippen molar-refractivity contribution in [1.82, 2.24) is 15.0 Å². The maximum absolute atomic E-state index is 11.5. The fourth-order valence-electron chi connectivity index (χ4n) is 2.89. The van der Waals surface area contributed by atoms with Gasteiger partial charge in [-0.15, -0.1) is 0 Å². The zero-order chi connectivity index (χ0) is 20.6. The van der Waals surface area contributed by atoms with Crippen molar-refractivity contribution in [3.05, 3.63) is 82.9 Å². The summed E-state index contributed by atoms with van der Waals surface area (Å²) < 4.78 is 4.70. The van der Waals surface area contributed by atoms with Gasteiger partial charge in [-0.3, -0.25) is 4.98 Å². The number of esters is 1. The first-order valence-electron chi connectivity index (χ1n) is 9.17. The number of pyridine rings is 1. The summed E-state index contributed by atoms with van der Waals surface area (Å²) in [6.07, 6.45) is 4.11. The van der Waals surface area contributed by atoms with Crippen LogP contribution in [-0.4, -0.2) is 34.6 Å². The van der Waals surface area contributed by atoms with Gasteiger partial charge < -0.3 is 10.1 Å². The van der Waals surface area contributed by atoms with Gasteiger partial charge in [0.15, 0.2) is 0 Å². The van der Waals surface area contributed by atoms with Crippen LogP contribution >= 0.6 is 0 Å². The molecule has 0 fully saturated rings. The summed E-state index contributed by atoms with van der Waals surface area (Å²) in [6, 6.07) is 15.0. The summed E-state index contributed by atoms with van der Waals surface area (Å²) in [6.45, 7) is 2.50. The summed E-state index contributed by atoms with van der Waals surface area (Å²) in [5.74, 6) is -0.436. The smallest absolute Gasteiger partial charge is 0.337 e. The molecule has 0 saturated heterocycles. The van der Waals surface area contributed by atoms with Gasteiger partial charge in [-0.1, -0.05) is 18.2 Å². The first-order valence-corrected chi connectivity index (χ1v) is 9.17. The summed E-state index contributed by atoms with van der Waals surface area (Å²) in [4.78, 5) is 24.6. The third kappa shape index (κ3) is 4.93. The molecule has 3 rings (SSSR count). The molecule has 2 aromatic heterocycles. The minimum absolute atomic E-state index is 0.352. The van der Waals surface area contributed by atoms with Gasteiger partial charge in [0.25, 0.3) is 0 Å². The topological polar surface area (TPSA) is 101 Å². The second-order valence-electron chi connectivity index (χ2n) is 6.44. The Morgan fingerprint density at radius 3 is 2.66 bits per heavy atom. The maximum atomic E-state index is 11.5. The lowest BCUT2D eigenvalue weighted by Gasteiger charge is -2.13. The molecule has 0 aliphatic rings. The average molecular weight is 387 g/mol. The zero-order valence-corrected chi connectivity index (χ0v) is 16.3. The van der Waals surface area contributed by atoms with E-state index in [9.17, 15) is 10.1 Å². The quantitative estimate of drug-likeness (QED) is 0.621. The Labute approximate surface area is 169 Å². The van der Waals surface area contributed by atoms with E-state index in [1.807, 2.05) is 37.3 Å². The van der Waals surface area contributed by atoms with E-state index in [-0.39, 0.29) is 5.97 Å². The van der Waals surface area contributed by atoms with Crippen LogP contribution in [0.5, 0.6) is 0 Å². The molecule has 0 saturated carbocycles. The van der Waals surface area contributed by atoms with Crippen molar-refractivity contribution >= 4 is 11.9 Å². The van der Waals surface area contributed by atoms with Crippen molar-refractivity contribution in [3.63, 3.8) is 0 Å². The number of aromatic nitrogens is 3. The van der Waals surface area contributed by atoms with Gasteiger partial charge in [0.1, 0.15) is 5.92 Å². The van der Waals surface area contributed by atoms with Crippen LogP contribution < -0.4 is 5.32 Å². The number of nitriles is 1. The van der Waals surface area contributed by atoms with Crippen LogP contribution in [0.2, 0.25) is 0 Å². The molecule has 0 amide bonds. The van der Waals surface area contributed by atoms with Gasteiger partial charge in [-0.25, -0.2) is 14.8 Å². The van der Waals surface area contributed by atoms with Gasteiger partial charge in [0.2, 0.25) is 5.95 Å². The molecule has 0 bridgehead atoms. The molecule has 7 nitrogen and oxygen atoms in total. The molecule has 0 spiro atoms. The van der Waals surface area contributed by atoms with Gasteiger partial charge >= 0.3 is 5.97 Å². The van der Waals surface area contributed by atoms with Crippen LogP contribution in [0, 0.1) is 18.3 Å². The Morgan fingerprint density at radius 2 is 2.00 bits per heavy atom. The minimum atomic E-state index is -0.550. The molecule has 0 radical (unpaired) electrons. The monoisotopic (exact) mass is 387 g/mol. The van der Waals surface area contributed by atoms with Crippen LogP contribution in [0.25, 0.3) is 0 Å². The summed E-state index contributed by atoms with van der Waals surface area (Å²) >= 11 is 0. The number of nitrogens with zero attached hydrogens (tertiary/aromatic N) is 4. The molecule has 7 heteroatoms. The average Bonchev–Trinajstić information content (AvgIpc) is 2.77. The van der Waals surface area contributed by atoms with Crippen molar-refractivity contribution in [3.8, 4) is 6.07 Å². The lowest BCUT2D eigenvalue weighted by atomic mass is 9.99. The van der Waals surface area contributed by atoms with E-state index < -0.39 is 5.92 Å². The molecule has 146 valence electrons. The molecule has 1 aromatic carbocycles. The highest BCUT2D eigenvalue weighted by Gasteiger charge is 2.19. The van der Waals surface area contributed by atoms with Crippen molar-refractivity contribution < 1.29 is 9.53 Å². The number of ether oxygens (including phenoxy) is 1. The number of nitrogens with one attached hydrogen (secondary N) is 1. The lowest BCUT2D eigenvalue weighted by Crippen LogP contribution is -2.12. The van der Waals surface area contributed by atoms with Crippen LogP contribution in [0.1, 0.15) is 38.8 Å². The normalized spacial score (nSPS) is 11.3. The number of aryl methyl sites for hydroxylation is 1. The third-order valence-corrected chi connectivity index (χ3v) is 4.47. The highest BCUT2D eigenvalue weighted by atomic mass is 16.5. The second-order valence-corrected chi connectivity index (χ2v) is 6.44. The zero-order valence-electron chi connectivity index (χ0n) is 16.3. The molecule has 29 heavy (non-hydrogen) atoms. The molecular weight excluding hydrogens is 366 g/mol. The molecule has 1 unspecified atom stereocenters. The highest BCUT2D eigenvalue weighted by molar-refractivity contribution is 5.89. The number of hydrogen-bond donors (Lipinski definition) is 1. The van der Waals surface area contributed by atoms with E-state index in [4.69, 9.17) is 4.74 Å². The molecular formula is C22H21N5O2. The number of rotatable bonds is 7. The Hall–Kier alpha value is -3.79. The van der Waals surface area contributed by atoms with Gasteiger partial charge in [-0.2, -0.15) is 5.26 Å². The van der Waals surface area contributed by atoms with Crippen LogP contribution in [0.3, 0.4) is 0 Å². The maximum Gasteiger partial charge on any atom is 0.337 e. The largest absolute Gasteiger partial charge is 0.465 e.